The zero-order valence-corrected chi connectivity index (χ0v) is 15.4. The van der Waals surface area contributed by atoms with Crippen molar-refractivity contribution in [3.8, 4) is 0 Å². The molecule has 1 atom stereocenters. The van der Waals surface area contributed by atoms with Gasteiger partial charge in [-0.25, -0.2) is 17.4 Å². The number of hydrogen-bond donors (Lipinski definition) is 0. The largest absolute Gasteiger partial charge is 0.297 e. The fraction of sp³-hybridized carbons (Fsp3) is 0.765. The zero-order valence-electron chi connectivity index (χ0n) is 14.6. The zero-order chi connectivity index (χ0) is 17.4. The summed E-state index contributed by atoms with van der Waals surface area (Å²) in [6.07, 6.45) is 5.90. The summed E-state index contributed by atoms with van der Waals surface area (Å²) in [6.45, 7) is 3.53. The van der Waals surface area contributed by atoms with Crippen LogP contribution in [0, 0.1) is 0 Å². The number of aromatic nitrogens is 2. The Hall–Kier alpha value is -1.25. The van der Waals surface area contributed by atoms with Crippen molar-refractivity contribution in [1.82, 2.24) is 19.0 Å². The molecule has 2 fully saturated rings. The molecule has 3 aliphatic rings. The van der Waals surface area contributed by atoms with Gasteiger partial charge in [0.15, 0.2) is 0 Å². The highest BCUT2D eigenvalue weighted by atomic mass is 32.2. The van der Waals surface area contributed by atoms with Gasteiger partial charge in [-0.15, -0.1) is 0 Å². The van der Waals surface area contributed by atoms with Crippen LogP contribution in [0.2, 0.25) is 0 Å². The van der Waals surface area contributed by atoms with Gasteiger partial charge in [0, 0.05) is 31.7 Å². The van der Waals surface area contributed by atoms with Crippen LogP contribution in [0.5, 0.6) is 0 Å². The van der Waals surface area contributed by atoms with Gasteiger partial charge < -0.3 is 0 Å². The number of hydrogen-bond acceptors (Lipinski definition) is 5. The second-order valence-corrected chi connectivity index (χ2v) is 9.48. The van der Waals surface area contributed by atoms with Gasteiger partial charge in [-0.05, 0) is 50.6 Å². The molecule has 2 aliphatic heterocycles. The van der Waals surface area contributed by atoms with E-state index in [-0.39, 0.29) is 17.4 Å². The highest BCUT2D eigenvalue weighted by Gasteiger charge is 2.31. The van der Waals surface area contributed by atoms with Gasteiger partial charge in [-0.3, -0.25) is 9.69 Å². The molecule has 0 saturated carbocycles. The molecular weight excluding hydrogens is 340 g/mol. The number of fused-ring (bicyclic) bond motifs is 1. The normalized spacial score (nSPS) is 26.3. The number of sulfonamides is 1. The molecule has 1 aromatic heterocycles. The minimum absolute atomic E-state index is 0.00498. The Balaban J connectivity index is 1.41. The maximum atomic E-state index is 12.3. The Morgan fingerprint density at radius 3 is 2.80 bits per heavy atom. The average Bonchev–Trinajstić information content (AvgIpc) is 3.26. The van der Waals surface area contributed by atoms with Crippen molar-refractivity contribution in [3.05, 3.63) is 27.7 Å². The van der Waals surface area contributed by atoms with Crippen molar-refractivity contribution < 1.29 is 8.42 Å². The third kappa shape index (κ3) is 3.52. The third-order valence-corrected chi connectivity index (χ3v) is 7.70. The number of aryl methyl sites for hydroxylation is 2. The highest BCUT2D eigenvalue weighted by Crippen LogP contribution is 2.21. The van der Waals surface area contributed by atoms with Crippen LogP contribution in [0.15, 0.2) is 10.9 Å². The SMILES string of the molecule is O=c1cc2c(nn1CC1CCCN1CCN1CCCS1(=O)=O)CCC2. The van der Waals surface area contributed by atoms with Crippen LogP contribution in [0.3, 0.4) is 0 Å². The van der Waals surface area contributed by atoms with E-state index in [1.54, 1.807) is 15.1 Å². The molecule has 4 rings (SSSR count). The molecular formula is C17H26N4O3S. The molecule has 0 bridgehead atoms. The van der Waals surface area contributed by atoms with E-state index in [1.807, 2.05) is 0 Å². The maximum absolute atomic E-state index is 12.3. The first-order chi connectivity index (χ1) is 12.0. The smallest absolute Gasteiger partial charge is 0.267 e. The van der Waals surface area contributed by atoms with E-state index in [0.717, 1.165) is 62.9 Å². The van der Waals surface area contributed by atoms with Crippen molar-refractivity contribution in [1.29, 1.82) is 0 Å². The molecule has 138 valence electrons. The van der Waals surface area contributed by atoms with Crippen LogP contribution in [-0.2, 0) is 29.4 Å². The lowest BCUT2D eigenvalue weighted by Gasteiger charge is -2.26. The molecule has 0 N–H and O–H groups in total. The van der Waals surface area contributed by atoms with E-state index in [9.17, 15) is 13.2 Å². The quantitative estimate of drug-likeness (QED) is 0.746. The maximum Gasteiger partial charge on any atom is 0.267 e. The predicted molar refractivity (Wildman–Crippen MR) is 95.1 cm³/mol. The van der Waals surface area contributed by atoms with Crippen LogP contribution in [0.4, 0.5) is 0 Å². The second-order valence-electron chi connectivity index (χ2n) is 7.39. The van der Waals surface area contributed by atoms with Gasteiger partial charge in [0.25, 0.3) is 5.56 Å². The van der Waals surface area contributed by atoms with Crippen LogP contribution in [0.1, 0.15) is 36.9 Å². The molecule has 1 aliphatic carbocycles. The Bertz CT molecular complexity index is 805. The molecule has 7 nitrogen and oxygen atoms in total. The van der Waals surface area contributed by atoms with Crippen LogP contribution in [-0.4, -0.2) is 65.4 Å². The average molecular weight is 366 g/mol. The predicted octanol–water partition coefficient (Wildman–Crippen LogP) is 0.232. The van der Waals surface area contributed by atoms with Crippen LogP contribution >= 0.6 is 0 Å². The first-order valence-corrected chi connectivity index (χ1v) is 11.0. The fourth-order valence-corrected chi connectivity index (χ4v) is 5.87. The molecule has 3 heterocycles. The van der Waals surface area contributed by atoms with Gasteiger partial charge in [-0.2, -0.15) is 5.10 Å². The van der Waals surface area contributed by atoms with Gasteiger partial charge in [0.05, 0.1) is 18.0 Å². The fourth-order valence-electron chi connectivity index (χ4n) is 4.35. The van der Waals surface area contributed by atoms with E-state index in [4.69, 9.17) is 0 Å². The molecule has 0 amide bonds. The Morgan fingerprint density at radius 1 is 1.12 bits per heavy atom. The monoisotopic (exact) mass is 366 g/mol. The summed E-state index contributed by atoms with van der Waals surface area (Å²) >= 11 is 0. The standard InChI is InChI=1S/C17H26N4O3S/c22-17-12-14-4-1-6-16(14)18-21(17)13-15-5-2-7-19(15)9-10-20-8-3-11-25(20,23)24/h12,15H,1-11,13H2. The second kappa shape index (κ2) is 6.81. The molecule has 1 aromatic rings. The minimum atomic E-state index is -3.03. The van der Waals surface area contributed by atoms with E-state index in [2.05, 4.69) is 10.00 Å². The van der Waals surface area contributed by atoms with Crippen molar-refractivity contribution >= 4 is 10.0 Å². The number of likely N-dealkylation sites (tertiary alicyclic amines) is 1. The van der Waals surface area contributed by atoms with E-state index < -0.39 is 10.0 Å². The Kier molecular flexibility index (Phi) is 4.68. The van der Waals surface area contributed by atoms with E-state index in [0.29, 0.717) is 19.6 Å². The minimum Gasteiger partial charge on any atom is -0.297 e. The lowest BCUT2D eigenvalue weighted by molar-refractivity contribution is 0.211. The van der Waals surface area contributed by atoms with Crippen molar-refractivity contribution in [2.24, 2.45) is 0 Å². The molecule has 0 spiro atoms. The topological polar surface area (TPSA) is 75.5 Å². The summed E-state index contributed by atoms with van der Waals surface area (Å²) in [5.41, 5.74) is 2.19. The van der Waals surface area contributed by atoms with Gasteiger partial charge in [0.1, 0.15) is 0 Å². The molecule has 0 radical (unpaired) electrons. The molecule has 1 unspecified atom stereocenters. The number of nitrogens with zero attached hydrogens (tertiary/aromatic N) is 4. The first kappa shape index (κ1) is 17.2. The van der Waals surface area contributed by atoms with Gasteiger partial charge >= 0.3 is 0 Å². The first-order valence-electron chi connectivity index (χ1n) is 9.35. The molecule has 8 heteroatoms. The van der Waals surface area contributed by atoms with Crippen LogP contribution < -0.4 is 5.56 Å². The van der Waals surface area contributed by atoms with Crippen molar-refractivity contribution in [2.75, 3.05) is 31.9 Å². The number of rotatable bonds is 5. The third-order valence-electron chi connectivity index (χ3n) is 5.75. The molecule has 25 heavy (non-hydrogen) atoms. The molecule has 2 saturated heterocycles. The van der Waals surface area contributed by atoms with Gasteiger partial charge in [-0.1, -0.05) is 0 Å². The van der Waals surface area contributed by atoms with E-state index in [1.165, 1.54) is 0 Å². The van der Waals surface area contributed by atoms with Gasteiger partial charge in [0.2, 0.25) is 10.0 Å². The van der Waals surface area contributed by atoms with E-state index >= 15 is 0 Å². The Labute approximate surface area is 148 Å². The lowest BCUT2D eigenvalue weighted by atomic mass is 10.2. The Morgan fingerprint density at radius 2 is 2.00 bits per heavy atom. The summed E-state index contributed by atoms with van der Waals surface area (Å²) in [5.74, 6) is 0.283. The van der Waals surface area contributed by atoms with Crippen molar-refractivity contribution in [3.63, 3.8) is 0 Å². The van der Waals surface area contributed by atoms with Crippen molar-refractivity contribution in [2.45, 2.75) is 51.1 Å². The summed E-state index contributed by atoms with van der Waals surface area (Å²) in [6, 6.07) is 2.03. The van der Waals surface area contributed by atoms with Crippen LogP contribution in [0.25, 0.3) is 0 Å². The summed E-state index contributed by atoms with van der Waals surface area (Å²) in [4.78, 5) is 14.6. The lowest BCUT2D eigenvalue weighted by Crippen LogP contribution is -2.41. The summed E-state index contributed by atoms with van der Waals surface area (Å²) in [7, 11) is -3.03. The summed E-state index contributed by atoms with van der Waals surface area (Å²) in [5, 5.41) is 4.58. The molecule has 0 aromatic carbocycles. The summed E-state index contributed by atoms with van der Waals surface area (Å²) < 4.78 is 27.1. The highest BCUT2D eigenvalue weighted by molar-refractivity contribution is 7.89.